The molecule has 2 aromatic heterocycles. The summed E-state index contributed by atoms with van der Waals surface area (Å²) in [5.41, 5.74) is 6.33. The van der Waals surface area contributed by atoms with Gasteiger partial charge in [0.1, 0.15) is 36.1 Å². The van der Waals surface area contributed by atoms with Gasteiger partial charge in [0, 0.05) is 17.5 Å². The van der Waals surface area contributed by atoms with E-state index in [1.54, 1.807) is 6.33 Å². The summed E-state index contributed by atoms with van der Waals surface area (Å²) in [6, 6.07) is 18.7. The van der Waals surface area contributed by atoms with Gasteiger partial charge in [-0.15, -0.1) is 0 Å². The number of aryl methyl sites for hydroxylation is 1. The lowest BCUT2D eigenvalue weighted by Gasteiger charge is -2.22. The van der Waals surface area contributed by atoms with Gasteiger partial charge >= 0.3 is 0 Å². The molecule has 1 aliphatic heterocycles. The van der Waals surface area contributed by atoms with Crippen molar-refractivity contribution in [2.24, 2.45) is 0 Å². The summed E-state index contributed by atoms with van der Waals surface area (Å²) in [6.45, 7) is 6.59. The number of rotatable bonds is 4. The molecule has 0 unspecified atom stereocenters. The first-order chi connectivity index (χ1) is 16.7. The van der Waals surface area contributed by atoms with Crippen LogP contribution in [0.5, 0.6) is 11.5 Å². The monoisotopic (exact) mass is 451 g/mol. The highest BCUT2D eigenvalue weighted by atomic mass is 16.5. The van der Waals surface area contributed by atoms with Gasteiger partial charge in [-0.05, 0) is 67.4 Å². The maximum atomic E-state index is 6.11. The minimum atomic E-state index is 0.586. The van der Waals surface area contributed by atoms with Gasteiger partial charge in [-0.25, -0.2) is 15.0 Å². The molecule has 0 amide bonds. The summed E-state index contributed by atoms with van der Waals surface area (Å²) in [6.07, 6.45) is 1.63. The van der Waals surface area contributed by atoms with E-state index >= 15 is 0 Å². The third-order valence-corrected chi connectivity index (χ3v) is 6.17. The number of aromatic nitrogens is 4. The Morgan fingerprint density at radius 2 is 1.85 bits per heavy atom. The topological polar surface area (TPSA) is 76.2 Å². The van der Waals surface area contributed by atoms with E-state index in [4.69, 9.17) is 9.47 Å². The summed E-state index contributed by atoms with van der Waals surface area (Å²) in [7, 11) is 0. The molecule has 1 N–H and O–H groups in total. The van der Waals surface area contributed by atoms with Crippen LogP contribution in [0.25, 0.3) is 33.1 Å². The summed E-state index contributed by atoms with van der Waals surface area (Å²) >= 11 is 0. The van der Waals surface area contributed by atoms with Gasteiger partial charge < -0.3 is 19.4 Å². The highest BCUT2D eigenvalue weighted by Crippen LogP contribution is 2.34. The smallest absolute Gasteiger partial charge is 0.140 e. The maximum Gasteiger partial charge on any atom is 0.140 e. The second-order valence-electron chi connectivity index (χ2n) is 8.46. The Morgan fingerprint density at radius 1 is 1.00 bits per heavy atom. The first-order valence-corrected chi connectivity index (χ1v) is 11.5. The van der Waals surface area contributed by atoms with Gasteiger partial charge in [0.05, 0.1) is 29.7 Å². The molecule has 0 radical (unpaired) electrons. The van der Waals surface area contributed by atoms with Crippen LogP contribution >= 0.6 is 0 Å². The zero-order chi connectivity index (χ0) is 23.1. The van der Waals surface area contributed by atoms with Gasteiger partial charge in [-0.2, -0.15) is 0 Å². The number of nitrogens with zero attached hydrogens (tertiary/aromatic N) is 4. The van der Waals surface area contributed by atoms with Gasteiger partial charge in [0.2, 0.25) is 0 Å². The minimum absolute atomic E-state index is 0.586. The summed E-state index contributed by atoms with van der Waals surface area (Å²) in [5.74, 6) is 3.55. The molecule has 34 heavy (non-hydrogen) atoms. The molecule has 6 rings (SSSR count). The van der Waals surface area contributed by atoms with Crippen LogP contribution in [0.15, 0.2) is 60.9 Å². The second kappa shape index (κ2) is 8.33. The van der Waals surface area contributed by atoms with Crippen molar-refractivity contribution in [2.75, 3.05) is 24.7 Å². The molecular formula is C27H25N5O2. The fourth-order valence-electron chi connectivity index (χ4n) is 4.60. The zero-order valence-corrected chi connectivity index (χ0v) is 19.2. The quantitative estimate of drug-likeness (QED) is 0.401. The Labute approximate surface area is 197 Å². The zero-order valence-electron chi connectivity index (χ0n) is 19.2. The van der Waals surface area contributed by atoms with Crippen LogP contribution < -0.4 is 14.4 Å². The Hall–Kier alpha value is -4.13. The molecule has 0 saturated carbocycles. The van der Waals surface area contributed by atoms with Gasteiger partial charge in [-0.3, -0.25) is 0 Å². The van der Waals surface area contributed by atoms with Crippen LogP contribution in [0.4, 0.5) is 5.82 Å². The van der Waals surface area contributed by atoms with Crippen LogP contribution in [0, 0.1) is 6.92 Å². The molecule has 3 heterocycles. The molecule has 0 spiro atoms. The third kappa shape index (κ3) is 3.69. The summed E-state index contributed by atoms with van der Waals surface area (Å²) in [5, 5.41) is 0.980. The van der Waals surface area contributed by atoms with Crippen LogP contribution in [-0.2, 0) is 6.54 Å². The van der Waals surface area contributed by atoms with E-state index in [0.29, 0.717) is 19.8 Å². The lowest BCUT2D eigenvalue weighted by molar-refractivity contribution is 0.331. The van der Waals surface area contributed by atoms with Crippen molar-refractivity contribution in [3.63, 3.8) is 0 Å². The van der Waals surface area contributed by atoms with E-state index in [1.807, 2.05) is 32.0 Å². The molecule has 0 aliphatic carbocycles. The average Bonchev–Trinajstić information content (AvgIpc) is 3.09. The van der Waals surface area contributed by atoms with Crippen molar-refractivity contribution in [3.8, 4) is 22.6 Å². The lowest BCUT2D eigenvalue weighted by Crippen LogP contribution is -2.26. The van der Waals surface area contributed by atoms with Crippen molar-refractivity contribution < 1.29 is 9.47 Å². The van der Waals surface area contributed by atoms with Crippen LogP contribution in [0.3, 0.4) is 0 Å². The molecule has 170 valence electrons. The normalized spacial score (nSPS) is 13.5. The molecular weight excluding hydrogens is 426 g/mol. The largest absolute Gasteiger partial charge is 0.494 e. The summed E-state index contributed by atoms with van der Waals surface area (Å²) < 4.78 is 11.8. The number of H-pyrrole nitrogens is 1. The predicted octanol–water partition coefficient (Wildman–Crippen LogP) is 5.28. The Balaban J connectivity index is 1.38. The number of aromatic amines is 1. The Bertz CT molecular complexity index is 1510. The van der Waals surface area contributed by atoms with Gasteiger partial charge in [0.25, 0.3) is 0 Å². The van der Waals surface area contributed by atoms with Crippen molar-refractivity contribution >= 4 is 27.8 Å². The number of imidazole rings is 1. The highest BCUT2D eigenvalue weighted by molar-refractivity contribution is 5.90. The fourth-order valence-corrected chi connectivity index (χ4v) is 4.60. The molecule has 1 aliphatic rings. The van der Waals surface area contributed by atoms with Crippen LogP contribution in [0.1, 0.15) is 18.3 Å². The van der Waals surface area contributed by atoms with Crippen molar-refractivity contribution in [2.45, 2.75) is 20.4 Å². The Morgan fingerprint density at radius 3 is 2.76 bits per heavy atom. The molecule has 7 nitrogen and oxygen atoms in total. The van der Waals surface area contributed by atoms with Gasteiger partial charge in [0.15, 0.2) is 0 Å². The molecule has 3 aromatic carbocycles. The number of hydrogen-bond donors (Lipinski definition) is 1. The average molecular weight is 452 g/mol. The number of benzene rings is 3. The summed E-state index contributed by atoms with van der Waals surface area (Å²) in [4.78, 5) is 19.2. The molecule has 5 aromatic rings. The first-order valence-electron chi connectivity index (χ1n) is 11.5. The molecule has 0 fully saturated rings. The van der Waals surface area contributed by atoms with E-state index < -0.39 is 0 Å². The molecule has 0 atom stereocenters. The number of hydrogen-bond acceptors (Lipinski definition) is 6. The van der Waals surface area contributed by atoms with Crippen molar-refractivity contribution in [3.05, 3.63) is 72.3 Å². The van der Waals surface area contributed by atoms with E-state index in [1.165, 1.54) is 0 Å². The first kappa shape index (κ1) is 20.5. The number of nitrogens with one attached hydrogen (secondary N) is 1. The number of anilines is 1. The van der Waals surface area contributed by atoms with Crippen molar-refractivity contribution in [1.82, 2.24) is 19.9 Å². The number of ether oxygens (including phenoxy) is 2. The fraction of sp³-hybridized carbons (Fsp3) is 0.222. The predicted molar refractivity (Wildman–Crippen MR) is 134 cm³/mol. The van der Waals surface area contributed by atoms with Crippen molar-refractivity contribution in [1.29, 1.82) is 0 Å². The van der Waals surface area contributed by atoms with Crippen LogP contribution in [0.2, 0.25) is 0 Å². The molecule has 0 bridgehead atoms. The highest BCUT2D eigenvalue weighted by Gasteiger charge is 2.20. The minimum Gasteiger partial charge on any atom is -0.494 e. The van der Waals surface area contributed by atoms with Crippen LogP contribution in [-0.4, -0.2) is 39.7 Å². The molecule has 7 heteroatoms. The third-order valence-electron chi connectivity index (χ3n) is 6.17. The Kier molecular flexibility index (Phi) is 5.02. The van der Waals surface area contributed by atoms with E-state index in [9.17, 15) is 0 Å². The van der Waals surface area contributed by atoms with Gasteiger partial charge in [-0.1, -0.05) is 12.1 Å². The molecule has 0 saturated heterocycles. The second-order valence-corrected chi connectivity index (χ2v) is 8.46. The van der Waals surface area contributed by atoms with E-state index in [0.717, 1.165) is 68.3 Å². The maximum absolute atomic E-state index is 6.11. The van der Waals surface area contributed by atoms with E-state index in [-0.39, 0.29) is 0 Å². The standard InChI is InChI=1S/C27H25N5O2/c1-3-33-21-6-8-23-22(14-21)27(29-16-28-23)32-10-11-34-26-9-5-18(12-20(26)15-32)19-4-7-24-25(13-19)31-17(2)30-24/h4-9,12-14,16H,3,10-11,15H2,1-2H3,(H,30,31). The SMILES string of the molecule is CCOc1ccc2ncnc(N3CCOc4ccc(-c5ccc6nc(C)[nH]c6c5)cc4C3)c2c1. The number of fused-ring (bicyclic) bond motifs is 3. The lowest BCUT2D eigenvalue weighted by atomic mass is 10.0. The van der Waals surface area contributed by atoms with E-state index in [2.05, 4.69) is 61.2 Å².